The van der Waals surface area contributed by atoms with Crippen molar-refractivity contribution in [2.75, 3.05) is 0 Å². The lowest BCUT2D eigenvalue weighted by Gasteiger charge is -2.19. The topological polar surface area (TPSA) is 26.3 Å². The van der Waals surface area contributed by atoms with Crippen molar-refractivity contribution < 1.29 is 31.5 Å². The number of benzene rings is 3. The molecule has 0 spiro atoms. The largest absolute Gasteiger partial charge is 0.427 e. The van der Waals surface area contributed by atoms with Crippen LogP contribution in [0, 0.1) is 29.1 Å². The molecule has 7 heteroatoms. The summed E-state index contributed by atoms with van der Waals surface area (Å²) >= 11 is 0. The van der Waals surface area contributed by atoms with Gasteiger partial charge in [-0.3, -0.25) is 0 Å². The number of hydrogen-bond donors (Lipinski definition) is 0. The molecule has 0 N–H and O–H groups in total. The molecular formula is C26H19F5O2. The molecule has 2 nitrogen and oxygen atoms in total. The molecule has 4 rings (SSSR count). The van der Waals surface area contributed by atoms with Gasteiger partial charge < -0.3 is 4.74 Å². The van der Waals surface area contributed by atoms with Crippen molar-refractivity contribution in [1.82, 2.24) is 0 Å². The van der Waals surface area contributed by atoms with E-state index in [1.54, 1.807) is 12.1 Å². The maximum Gasteiger partial charge on any atom is 0.343 e. The molecule has 0 atom stereocenters. The maximum atomic E-state index is 15.1. The first-order valence-corrected chi connectivity index (χ1v) is 10.5. The monoisotopic (exact) mass is 458 g/mol. The number of ether oxygens (including phenoxy) is 1. The highest BCUT2D eigenvalue weighted by atomic mass is 19.2. The SMILES string of the molecule is CCCc1ccc(C(=O)OC2=Cc3cc(F)c(-c4cc(F)c(F)c(F)c4)c(F)c3CC2)cc1. The molecule has 0 unspecified atom stereocenters. The van der Waals surface area contributed by atoms with Gasteiger partial charge in [0.15, 0.2) is 17.5 Å². The fraction of sp³-hybridized carbons (Fsp3) is 0.192. The minimum atomic E-state index is -1.72. The van der Waals surface area contributed by atoms with Gasteiger partial charge in [0, 0.05) is 6.42 Å². The molecule has 1 aliphatic rings. The van der Waals surface area contributed by atoms with E-state index in [2.05, 4.69) is 6.92 Å². The molecule has 0 bridgehead atoms. The second-order valence-corrected chi connectivity index (χ2v) is 7.82. The molecule has 1 aliphatic carbocycles. The standard InChI is InChI=1S/C26H19F5O2/c1-2-3-14-4-6-15(7-5-14)26(32)33-18-8-9-19-16(10-18)11-20(27)23(24(19)30)17-12-21(28)25(31)22(29)13-17/h4-7,10-13H,2-3,8-9H2,1H3. The Hall–Kier alpha value is -3.48. The van der Waals surface area contributed by atoms with Crippen LogP contribution in [0.25, 0.3) is 17.2 Å². The number of carbonyl (C=O) groups is 1. The molecule has 0 aliphatic heterocycles. The highest BCUT2D eigenvalue weighted by Gasteiger charge is 2.25. The van der Waals surface area contributed by atoms with Gasteiger partial charge >= 0.3 is 5.97 Å². The number of aryl methyl sites for hydroxylation is 1. The van der Waals surface area contributed by atoms with Crippen molar-refractivity contribution in [3.05, 3.63) is 99.6 Å². The summed E-state index contributed by atoms with van der Waals surface area (Å²) in [5, 5.41) is 0. The third kappa shape index (κ3) is 4.53. The fourth-order valence-electron chi connectivity index (χ4n) is 3.87. The predicted octanol–water partition coefficient (Wildman–Crippen LogP) is 7.15. The lowest BCUT2D eigenvalue weighted by molar-refractivity contribution is 0.0617. The molecule has 3 aromatic rings. The van der Waals surface area contributed by atoms with E-state index in [1.807, 2.05) is 12.1 Å². The van der Waals surface area contributed by atoms with Gasteiger partial charge in [-0.15, -0.1) is 0 Å². The number of hydrogen-bond acceptors (Lipinski definition) is 2. The molecule has 0 heterocycles. The van der Waals surface area contributed by atoms with Gasteiger partial charge in [0.2, 0.25) is 0 Å². The van der Waals surface area contributed by atoms with Gasteiger partial charge in [0.1, 0.15) is 17.4 Å². The minimum absolute atomic E-state index is 0.0785. The quantitative estimate of drug-likeness (QED) is 0.231. The number of rotatable bonds is 5. The van der Waals surface area contributed by atoms with Crippen molar-refractivity contribution >= 4 is 12.0 Å². The van der Waals surface area contributed by atoms with Crippen molar-refractivity contribution in [1.29, 1.82) is 0 Å². The smallest absolute Gasteiger partial charge is 0.343 e. The van der Waals surface area contributed by atoms with E-state index in [1.165, 1.54) is 6.08 Å². The van der Waals surface area contributed by atoms with Crippen molar-refractivity contribution in [2.45, 2.75) is 32.6 Å². The van der Waals surface area contributed by atoms with E-state index in [-0.39, 0.29) is 29.7 Å². The van der Waals surface area contributed by atoms with E-state index < -0.39 is 46.2 Å². The Morgan fingerprint density at radius 1 is 0.879 bits per heavy atom. The average molecular weight is 458 g/mol. The summed E-state index contributed by atoms with van der Waals surface area (Å²) in [6, 6.07) is 9.11. The van der Waals surface area contributed by atoms with Crippen LogP contribution in [-0.4, -0.2) is 5.97 Å². The number of allylic oxidation sites excluding steroid dienone is 1. The second-order valence-electron chi connectivity index (χ2n) is 7.82. The molecule has 0 saturated heterocycles. The van der Waals surface area contributed by atoms with Gasteiger partial charge in [-0.05, 0) is 71.5 Å². The van der Waals surface area contributed by atoms with Crippen molar-refractivity contribution in [3.8, 4) is 11.1 Å². The minimum Gasteiger partial charge on any atom is -0.427 e. The third-order valence-electron chi connectivity index (χ3n) is 5.52. The number of esters is 1. The van der Waals surface area contributed by atoms with Crippen LogP contribution >= 0.6 is 0 Å². The van der Waals surface area contributed by atoms with Crippen molar-refractivity contribution in [2.24, 2.45) is 0 Å². The molecule has 33 heavy (non-hydrogen) atoms. The van der Waals surface area contributed by atoms with E-state index in [0.717, 1.165) is 24.5 Å². The van der Waals surface area contributed by atoms with Crippen LogP contribution in [0.2, 0.25) is 0 Å². The van der Waals surface area contributed by atoms with Crippen LogP contribution in [0.4, 0.5) is 22.0 Å². The maximum absolute atomic E-state index is 15.1. The van der Waals surface area contributed by atoms with Gasteiger partial charge in [0.05, 0.1) is 11.1 Å². The van der Waals surface area contributed by atoms with Crippen molar-refractivity contribution in [3.63, 3.8) is 0 Å². The summed E-state index contributed by atoms with van der Waals surface area (Å²) in [6.07, 6.45) is 3.49. The Morgan fingerprint density at radius 3 is 2.18 bits per heavy atom. The molecule has 0 radical (unpaired) electrons. The van der Waals surface area contributed by atoms with E-state index >= 15 is 4.39 Å². The Morgan fingerprint density at radius 2 is 1.55 bits per heavy atom. The van der Waals surface area contributed by atoms with Crippen LogP contribution in [-0.2, 0) is 17.6 Å². The van der Waals surface area contributed by atoms with E-state index in [0.29, 0.717) is 17.7 Å². The Balaban J connectivity index is 1.61. The van der Waals surface area contributed by atoms with Crippen LogP contribution < -0.4 is 0 Å². The summed E-state index contributed by atoms with van der Waals surface area (Å²) in [6.45, 7) is 2.06. The Bertz CT molecular complexity index is 1240. The molecule has 0 saturated carbocycles. The van der Waals surface area contributed by atoms with E-state index in [4.69, 9.17) is 4.74 Å². The zero-order valence-corrected chi connectivity index (χ0v) is 17.7. The third-order valence-corrected chi connectivity index (χ3v) is 5.52. The summed E-state index contributed by atoms with van der Waals surface area (Å²) in [5.41, 5.74) is 0.631. The zero-order chi connectivity index (χ0) is 23.7. The van der Waals surface area contributed by atoms with Gasteiger partial charge in [-0.1, -0.05) is 25.5 Å². The van der Waals surface area contributed by atoms with Crippen LogP contribution in [0.5, 0.6) is 0 Å². The fourth-order valence-corrected chi connectivity index (χ4v) is 3.87. The highest BCUT2D eigenvalue weighted by Crippen LogP contribution is 2.36. The first-order valence-electron chi connectivity index (χ1n) is 10.5. The summed E-state index contributed by atoms with van der Waals surface area (Å²) in [4.78, 5) is 12.4. The lowest BCUT2D eigenvalue weighted by atomic mass is 9.91. The van der Waals surface area contributed by atoms with Crippen LogP contribution in [0.1, 0.15) is 46.8 Å². The van der Waals surface area contributed by atoms with Crippen LogP contribution in [0.3, 0.4) is 0 Å². The molecular weight excluding hydrogens is 439 g/mol. The number of carbonyl (C=O) groups excluding carboxylic acids is 1. The summed E-state index contributed by atoms with van der Waals surface area (Å²) in [5.74, 6) is -7.21. The molecule has 3 aromatic carbocycles. The normalized spacial score (nSPS) is 12.8. The number of halogens is 5. The predicted molar refractivity (Wildman–Crippen MR) is 114 cm³/mol. The van der Waals surface area contributed by atoms with Gasteiger partial charge in [-0.25, -0.2) is 26.7 Å². The first-order chi connectivity index (χ1) is 15.8. The molecule has 0 fully saturated rings. The Kier molecular flexibility index (Phi) is 6.31. The summed E-state index contributed by atoms with van der Waals surface area (Å²) in [7, 11) is 0. The van der Waals surface area contributed by atoms with Crippen LogP contribution in [0.15, 0.2) is 48.2 Å². The molecule has 0 aromatic heterocycles. The van der Waals surface area contributed by atoms with Gasteiger partial charge in [0.25, 0.3) is 0 Å². The second kappa shape index (κ2) is 9.17. The average Bonchev–Trinajstić information content (AvgIpc) is 2.78. The Labute approximate surface area is 187 Å². The number of fused-ring (bicyclic) bond motifs is 1. The summed E-state index contributed by atoms with van der Waals surface area (Å²) < 4.78 is 75.6. The zero-order valence-electron chi connectivity index (χ0n) is 17.7. The van der Waals surface area contributed by atoms with E-state index in [9.17, 15) is 22.4 Å². The molecule has 0 amide bonds. The first kappa shape index (κ1) is 22.7. The molecule has 170 valence electrons. The lowest BCUT2D eigenvalue weighted by Crippen LogP contribution is -2.11. The van der Waals surface area contributed by atoms with Gasteiger partial charge in [-0.2, -0.15) is 0 Å². The highest BCUT2D eigenvalue weighted by molar-refractivity contribution is 5.90.